The normalized spacial score (nSPS) is 36.3. The maximum Gasteiger partial charge on any atom is 0.196 e. The zero-order valence-electron chi connectivity index (χ0n) is 13.4. The molecule has 2 saturated carbocycles. The SMILES string of the molecule is CC1=NN(C(=S)Nc2ccc(F)cc2)[C@]2(O)C[C@@H]3[C@@H]([C@H]12)C3(C)C. The number of hydrogen-bond acceptors (Lipinski definition) is 3. The Morgan fingerprint density at radius 1 is 1.39 bits per heavy atom. The van der Waals surface area contributed by atoms with Crippen molar-refractivity contribution in [3.8, 4) is 0 Å². The van der Waals surface area contributed by atoms with Crippen molar-refractivity contribution < 1.29 is 9.50 Å². The minimum absolute atomic E-state index is 0.0375. The molecule has 2 N–H and O–H groups in total. The molecular weight excluding hydrogens is 313 g/mol. The molecule has 0 radical (unpaired) electrons. The Bertz CT molecular complexity index is 717. The molecule has 23 heavy (non-hydrogen) atoms. The van der Waals surface area contributed by atoms with E-state index in [4.69, 9.17) is 12.2 Å². The predicted molar refractivity (Wildman–Crippen MR) is 91.4 cm³/mol. The molecule has 4 nitrogen and oxygen atoms in total. The van der Waals surface area contributed by atoms with Gasteiger partial charge in [-0.25, -0.2) is 9.40 Å². The molecule has 0 bridgehead atoms. The number of benzene rings is 1. The minimum atomic E-state index is -1.03. The van der Waals surface area contributed by atoms with Crippen LogP contribution in [0.4, 0.5) is 10.1 Å². The number of fused-ring (bicyclic) bond motifs is 3. The second-order valence-corrected chi connectivity index (χ2v) is 7.89. The molecule has 0 spiro atoms. The Hall–Kier alpha value is -1.53. The number of nitrogens with one attached hydrogen (secondary N) is 1. The van der Waals surface area contributed by atoms with E-state index in [2.05, 4.69) is 24.3 Å². The molecule has 6 heteroatoms. The van der Waals surface area contributed by atoms with Crippen molar-refractivity contribution in [1.82, 2.24) is 5.01 Å². The number of anilines is 1. The van der Waals surface area contributed by atoms with Gasteiger partial charge in [-0.2, -0.15) is 5.10 Å². The van der Waals surface area contributed by atoms with Gasteiger partial charge in [0.2, 0.25) is 0 Å². The molecule has 1 aromatic rings. The van der Waals surface area contributed by atoms with Crippen LogP contribution in [0.25, 0.3) is 0 Å². The molecule has 1 aliphatic heterocycles. The third kappa shape index (κ3) is 1.97. The zero-order chi connectivity index (χ0) is 16.6. The largest absolute Gasteiger partial charge is 0.368 e. The van der Waals surface area contributed by atoms with Crippen LogP contribution < -0.4 is 5.32 Å². The van der Waals surface area contributed by atoms with Gasteiger partial charge < -0.3 is 10.4 Å². The summed E-state index contributed by atoms with van der Waals surface area (Å²) in [6, 6.07) is 5.97. The lowest BCUT2D eigenvalue weighted by Gasteiger charge is -2.36. The summed E-state index contributed by atoms with van der Waals surface area (Å²) in [7, 11) is 0. The van der Waals surface area contributed by atoms with Crippen molar-refractivity contribution in [2.45, 2.75) is 32.9 Å². The molecule has 3 aliphatic rings. The van der Waals surface area contributed by atoms with E-state index in [-0.39, 0.29) is 17.2 Å². The monoisotopic (exact) mass is 333 g/mol. The Morgan fingerprint density at radius 2 is 2.04 bits per heavy atom. The predicted octanol–water partition coefficient (Wildman–Crippen LogP) is 3.19. The fraction of sp³-hybridized carbons (Fsp3) is 0.529. The van der Waals surface area contributed by atoms with Crippen LogP contribution in [0.5, 0.6) is 0 Å². The number of halogens is 1. The third-order valence-electron chi connectivity index (χ3n) is 5.88. The second kappa shape index (κ2) is 4.51. The highest BCUT2D eigenvalue weighted by atomic mass is 32.1. The van der Waals surface area contributed by atoms with E-state index in [0.717, 1.165) is 5.71 Å². The first-order chi connectivity index (χ1) is 10.7. The van der Waals surface area contributed by atoms with Crippen LogP contribution in [-0.4, -0.2) is 26.7 Å². The summed E-state index contributed by atoms with van der Waals surface area (Å²) < 4.78 is 13.0. The van der Waals surface area contributed by atoms with Crippen LogP contribution in [0.1, 0.15) is 27.2 Å². The van der Waals surface area contributed by atoms with Crippen LogP contribution in [0.15, 0.2) is 29.4 Å². The first-order valence-electron chi connectivity index (χ1n) is 7.89. The van der Waals surface area contributed by atoms with Gasteiger partial charge in [0.05, 0.1) is 5.92 Å². The van der Waals surface area contributed by atoms with Crippen molar-refractivity contribution >= 4 is 28.7 Å². The van der Waals surface area contributed by atoms with Crippen molar-refractivity contribution in [3.05, 3.63) is 30.1 Å². The maximum absolute atomic E-state index is 13.0. The summed E-state index contributed by atoms with van der Waals surface area (Å²) in [4.78, 5) is 0. The van der Waals surface area contributed by atoms with Crippen molar-refractivity contribution in [2.24, 2.45) is 28.3 Å². The van der Waals surface area contributed by atoms with Gasteiger partial charge in [0, 0.05) is 17.8 Å². The summed E-state index contributed by atoms with van der Waals surface area (Å²) in [5.41, 5.74) is 0.864. The summed E-state index contributed by atoms with van der Waals surface area (Å²) in [5, 5.41) is 20.7. The smallest absolute Gasteiger partial charge is 0.196 e. The molecule has 0 aromatic heterocycles. The summed E-state index contributed by atoms with van der Waals surface area (Å²) in [5.74, 6) is 0.720. The first kappa shape index (κ1) is 15.0. The van der Waals surface area contributed by atoms with Gasteiger partial charge in [0.15, 0.2) is 10.8 Å². The maximum atomic E-state index is 13.0. The molecule has 0 saturated heterocycles. The molecule has 0 unspecified atom stereocenters. The first-order valence-corrected chi connectivity index (χ1v) is 8.30. The van der Waals surface area contributed by atoms with Crippen LogP contribution >= 0.6 is 12.2 Å². The standard InChI is InChI=1S/C17H20FN3OS/c1-9-13-14-12(16(14,2)3)8-17(13,22)21(20-9)15(23)19-11-6-4-10(18)5-7-11/h4-7,12-14,22H,8H2,1-3H3,(H,19,23)/t12-,13+,14+,17+/m1/s1. The highest BCUT2D eigenvalue weighted by Crippen LogP contribution is 2.73. The van der Waals surface area contributed by atoms with Gasteiger partial charge in [-0.1, -0.05) is 13.8 Å². The molecule has 2 aliphatic carbocycles. The minimum Gasteiger partial charge on any atom is -0.368 e. The summed E-state index contributed by atoms with van der Waals surface area (Å²) in [6.07, 6.45) is 0.682. The van der Waals surface area contributed by atoms with Gasteiger partial charge in [-0.15, -0.1) is 0 Å². The van der Waals surface area contributed by atoms with Crippen LogP contribution in [0.2, 0.25) is 0 Å². The number of nitrogens with zero attached hydrogens (tertiary/aromatic N) is 2. The second-order valence-electron chi connectivity index (χ2n) is 7.50. The lowest BCUT2D eigenvalue weighted by Crippen LogP contribution is -2.51. The fourth-order valence-electron chi connectivity index (χ4n) is 4.63. The molecule has 4 rings (SSSR count). The van der Waals surface area contributed by atoms with Gasteiger partial charge in [0.1, 0.15) is 5.82 Å². The van der Waals surface area contributed by atoms with Gasteiger partial charge in [-0.05, 0) is 60.7 Å². The lowest BCUT2D eigenvalue weighted by atomic mass is 9.84. The van der Waals surface area contributed by atoms with E-state index >= 15 is 0 Å². The zero-order valence-corrected chi connectivity index (χ0v) is 14.2. The molecule has 2 fully saturated rings. The highest BCUT2D eigenvalue weighted by Gasteiger charge is 2.75. The number of aliphatic hydroxyl groups is 1. The average molecular weight is 333 g/mol. The Morgan fingerprint density at radius 3 is 2.70 bits per heavy atom. The van der Waals surface area contributed by atoms with Gasteiger partial charge in [-0.3, -0.25) is 0 Å². The van der Waals surface area contributed by atoms with E-state index in [0.29, 0.717) is 29.1 Å². The highest BCUT2D eigenvalue weighted by molar-refractivity contribution is 7.80. The van der Waals surface area contributed by atoms with Crippen molar-refractivity contribution in [2.75, 3.05) is 5.32 Å². The lowest BCUT2D eigenvalue weighted by molar-refractivity contribution is -0.0845. The third-order valence-corrected chi connectivity index (χ3v) is 6.15. The fourth-order valence-corrected chi connectivity index (χ4v) is 4.94. The van der Waals surface area contributed by atoms with Crippen molar-refractivity contribution in [3.63, 3.8) is 0 Å². The van der Waals surface area contributed by atoms with E-state index in [1.54, 1.807) is 17.1 Å². The van der Waals surface area contributed by atoms with E-state index in [9.17, 15) is 9.50 Å². The number of rotatable bonds is 1. The van der Waals surface area contributed by atoms with E-state index in [1.165, 1.54) is 12.1 Å². The van der Waals surface area contributed by atoms with Gasteiger partial charge >= 0.3 is 0 Å². The number of hydrazone groups is 1. The molecule has 1 aromatic carbocycles. The summed E-state index contributed by atoms with van der Waals surface area (Å²) >= 11 is 5.44. The van der Waals surface area contributed by atoms with Crippen LogP contribution in [0.3, 0.4) is 0 Å². The molecule has 0 amide bonds. The molecular formula is C17H20FN3OS. The molecule has 122 valence electrons. The number of hydrogen-bond donors (Lipinski definition) is 2. The molecule has 4 atom stereocenters. The topological polar surface area (TPSA) is 47.9 Å². The molecule has 1 heterocycles. The van der Waals surface area contributed by atoms with Crippen molar-refractivity contribution in [1.29, 1.82) is 0 Å². The van der Waals surface area contributed by atoms with E-state index < -0.39 is 5.72 Å². The average Bonchev–Trinajstić information content (AvgIpc) is 2.79. The quantitative estimate of drug-likeness (QED) is 0.775. The Balaban J connectivity index is 1.56. The number of thiocarbonyl (C=S) groups is 1. The Labute approximate surface area is 140 Å². The van der Waals surface area contributed by atoms with E-state index in [1.807, 2.05) is 6.92 Å². The van der Waals surface area contributed by atoms with Crippen LogP contribution in [-0.2, 0) is 0 Å². The van der Waals surface area contributed by atoms with Crippen LogP contribution in [0, 0.1) is 29.0 Å². The Kier molecular flexibility index (Phi) is 2.95. The van der Waals surface area contributed by atoms with Gasteiger partial charge in [0.25, 0.3) is 0 Å². The summed E-state index contributed by atoms with van der Waals surface area (Å²) in [6.45, 7) is 6.48.